The molecule has 1 aliphatic rings. The van der Waals surface area contributed by atoms with Crippen molar-refractivity contribution in [1.29, 1.82) is 0 Å². The fraction of sp³-hybridized carbons (Fsp3) is 0.250. The molecule has 2 heterocycles. The number of hydrogen-bond donors (Lipinski definition) is 1. The Hall–Kier alpha value is -3.21. The molecule has 1 amide bonds. The molecule has 34 heavy (non-hydrogen) atoms. The molecule has 0 aliphatic carbocycles. The second-order valence-electron chi connectivity index (χ2n) is 7.69. The van der Waals surface area contributed by atoms with Gasteiger partial charge in [0.05, 0.1) is 17.0 Å². The van der Waals surface area contributed by atoms with Gasteiger partial charge in [0.15, 0.2) is 6.61 Å². The molecule has 0 bridgehead atoms. The van der Waals surface area contributed by atoms with Crippen molar-refractivity contribution in [1.82, 2.24) is 9.62 Å². The van der Waals surface area contributed by atoms with Gasteiger partial charge in [-0.25, -0.2) is 13.2 Å². The summed E-state index contributed by atoms with van der Waals surface area (Å²) in [6, 6.07) is 19.4. The third kappa shape index (κ3) is 5.82. The lowest BCUT2D eigenvalue weighted by atomic mass is 10.2. The summed E-state index contributed by atoms with van der Waals surface area (Å²) in [5.41, 5.74) is 1.14. The van der Waals surface area contributed by atoms with Crippen LogP contribution in [-0.4, -0.2) is 57.4 Å². The lowest BCUT2D eigenvalue weighted by Crippen LogP contribution is -2.48. The molecule has 0 saturated carbocycles. The fourth-order valence-electron chi connectivity index (χ4n) is 3.62. The van der Waals surface area contributed by atoms with Crippen LogP contribution in [0.4, 0.5) is 5.69 Å². The van der Waals surface area contributed by atoms with Crippen LogP contribution >= 0.6 is 11.3 Å². The van der Waals surface area contributed by atoms with Crippen molar-refractivity contribution in [2.45, 2.75) is 11.4 Å². The summed E-state index contributed by atoms with van der Waals surface area (Å²) in [6.07, 6.45) is 0. The Kier molecular flexibility index (Phi) is 7.61. The lowest BCUT2D eigenvalue weighted by Gasteiger charge is -2.35. The van der Waals surface area contributed by atoms with Gasteiger partial charge in [-0.3, -0.25) is 4.79 Å². The van der Waals surface area contributed by atoms with E-state index in [-0.39, 0.29) is 10.5 Å². The van der Waals surface area contributed by atoms with Crippen molar-refractivity contribution in [3.05, 3.63) is 82.6 Å². The number of nitrogens with one attached hydrogen (secondary N) is 1. The van der Waals surface area contributed by atoms with E-state index in [4.69, 9.17) is 4.74 Å². The summed E-state index contributed by atoms with van der Waals surface area (Å²) in [5, 5.41) is 4.58. The van der Waals surface area contributed by atoms with E-state index in [1.165, 1.54) is 39.9 Å². The summed E-state index contributed by atoms with van der Waals surface area (Å²) in [7, 11) is -3.77. The third-order valence-corrected chi connectivity index (χ3v) is 8.21. The largest absolute Gasteiger partial charge is 0.452 e. The maximum Gasteiger partial charge on any atom is 0.338 e. The smallest absolute Gasteiger partial charge is 0.338 e. The molecule has 1 N–H and O–H groups in total. The number of ether oxygens (including phenoxy) is 1. The molecule has 0 unspecified atom stereocenters. The van der Waals surface area contributed by atoms with E-state index in [0.717, 1.165) is 10.6 Å². The van der Waals surface area contributed by atoms with E-state index in [2.05, 4.69) is 10.2 Å². The normalized spacial score (nSPS) is 14.5. The van der Waals surface area contributed by atoms with Gasteiger partial charge in [-0.05, 0) is 41.8 Å². The Morgan fingerprint density at radius 2 is 1.71 bits per heavy atom. The summed E-state index contributed by atoms with van der Waals surface area (Å²) >= 11 is 1.51. The van der Waals surface area contributed by atoms with Crippen LogP contribution in [0, 0.1) is 0 Å². The SMILES string of the molecule is O=C(COC(=O)c1cccc(S(=O)(=O)N2CCN(c3ccccc3)CC2)c1)NCc1cccs1. The van der Waals surface area contributed by atoms with Crippen molar-refractivity contribution in [2.75, 3.05) is 37.7 Å². The third-order valence-electron chi connectivity index (χ3n) is 5.44. The minimum Gasteiger partial charge on any atom is -0.452 e. The summed E-state index contributed by atoms with van der Waals surface area (Å²) in [5.74, 6) is -1.18. The minimum absolute atomic E-state index is 0.0252. The van der Waals surface area contributed by atoms with Gasteiger partial charge in [-0.2, -0.15) is 4.31 Å². The first-order chi connectivity index (χ1) is 16.4. The van der Waals surface area contributed by atoms with Gasteiger partial charge in [0.1, 0.15) is 0 Å². The number of hydrogen-bond acceptors (Lipinski definition) is 7. The Bertz CT molecular complexity index is 1220. The molecule has 1 saturated heterocycles. The number of sulfonamides is 1. The molecule has 2 aromatic carbocycles. The average molecular weight is 500 g/mol. The monoisotopic (exact) mass is 499 g/mol. The van der Waals surface area contributed by atoms with Crippen molar-refractivity contribution < 1.29 is 22.7 Å². The second-order valence-corrected chi connectivity index (χ2v) is 10.7. The number of nitrogens with zero attached hydrogens (tertiary/aromatic N) is 2. The molecule has 1 aromatic heterocycles. The molecule has 178 valence electrons. The van der Waals surface area contributed by atoms with E-state index in [1.54, 1.807) is 0 Å². The number of carbonyl (C=O) groups is 2. The Morgan fingerprint density at radius 1 is 0.941 bits per heavy atom. The first-order valence-electron chi connectivity index (χ1n) is 10.8. The number of piperazine rings is 1. The van der Waals surface area contributed by atoms with Crippen LogP contribution in [0.2, 0.25) is 0 Å². The van der Waals surface area contributed by atoms with Crippen LogP contribution < -0.4 is 10.2 Å². The zero-order valence-corrected chi connectivity index (χ0v) is 20.1. The first kappa shape index (κ1) is 23.9. The van der Waals surface area contributed by atoms with Gasteiger partial charge in [-0.1, -0.05) is 30.3 Å². The van der Waals surface area contributed by atoms with Crippen LogP contribution in [0.25, 0.3) is 0 Å². The van der Waals surface area contributed by atoms with Crippen molar-refractivity contribution in [2.24, 2.45) is 0 Å². The van der Waals surface area contributed by atoms with Crippen molar-refractivity contribution in [3.63, 3.8) is 0 Å². The molecule has 4 rings (SSSR count). The van der Waals surface area contributed by atoms with Crippen LogP contribution in [0.3, 0.4) is 0 Å². The molecular formula is C24H25N3O5S2. The number of amides is 1. The van der Waals surface area contributed by atoms with E-state index in [0.29, 0.717) is 32.7 Å². The topological polar surface area (TPSA) is 96.0 Å². The quantitative estimate of drug-likeness (QED) is 0.479. The summed E-state index contributed by atoms with van der Waals surface area (Å²) in [4.78, 5) is 27.5. The number of rotatable bonds is 8. The van der Waals surface area contributed by atoms with Crippen LogP contribution in [0.1, 0.15) is 15.2 Å². The van der Waals surface area contributed by atoms with Gasteiger partial charge in [-0.15, -0.1) is 11.3 Å². The molecule has 1 aliphatic heterocycles. The molecule has 3 aromatic rings. The molecule has 0 atom stereocenters. The highest BCUT2D eigenvalue weighted by Gasteiger charge is 2.29. The summed E-state index contributed by atoms with van der Waals surface area (Å²) in [6.45, 7) is 1.76. The average Bonchev–Trinajstić information content (AvgIpc) is 3.40. The van der Waals surface area contributed by atoms with Crippen LogP contribution in [-0.2, 0) is 26.1 Å². The Morgan fingerprint density at radius 3 is 2.41 bits per heavy atom. The van der Waals surface area contributed by atoms with E-state index in [1.807, 2.05) is 47.8 Å². The van der Waals surface area contributed by atoms with Crippen LogP contribution in [0.15, 0.2) is 77.0 Å². The van der Waals surface area contributed by atoms with Crippen molar-refractivity contribution >= 4 is 38.9 Å². The predicted molar refractivity (Wildman–Crippen MR) is 130 cm³/mol. The van der Waals surface area contributed by atoms with Gasteiger partial charge in [0.25, 0.3) is 5.91 Å². The zero-order valence-electron chi connectivity index (χ0n) is 18.4. The number of anilines is 1. The molecule has 1 fully saturated rings. The van der Waals surface area contributed by atoms with E-state index >= 15 is 0 Å². The molecular weight excluding hydrogens is 474 g/mol. The standard InChI is InChI=1S/C24H25N3O5S2/c28-23(25-17-21-9-5-15-33-21)18-32-24(29)19-6-4-10-22(16-19)34(30,31)27-13-11-26(12-14-27)20-7-2-1-3-8-20/h1-10,15-16H,11-14,17-18H2,(H,25,28). The minimum atomic E-state index is -3.77. The maximum atomic E-state index is 13.2. The zero-order chi connectivity index (χ0) is 24.0. The van der Waals surface area contributed by atoms with Gasteiger partial charge >= 0.3 is 5.97 Å². The van der Waals surface area contributed by atoms with Crippen molar-refractivity contribution in [3.8, 4) is 0 Å². The molecule has 8 nitrogen and oxygen atoms in total. The fourth-order valence-corrected chi connectivity index (χ4v) is 5.74. The number of carbonyl (C=O) groups excluding carboxylic acids is 2. The van der Waals surface area contributed by atoms with E-state index < -0.39 is 28.5 Å². The highest BCUT2D eigenvalue weighted by Crippen LogP contribution is 2.22. The summed E-state index contributed by atoms with van der Waals surface area (Å²) < 4.78 is 32.8. The second kappa shape index (κ2) is 10.8. The predicted octanol–water partition coefficient (Wildman–Crippen LogP) is 2.73. The highest BCUT2D eigenvalue weighted by atomic mass is 32.2. The van der Waals surface area contributed by atoms with Gasteiger partial charge in [0, 0.05) is 36.7 Å². The van der Waals surface area contributed by atoms with Crippen LogP contribution in [0.5, 0.6) is 0 Å². The first-order valence-corrected chi connectivity index (χ1v) is 13.1. The van der Waals surface area contributed by atoms with Gasteiger partial charge < -0.3 is 15.0 Å². The highest BCUT2D eigenvalue weighted by molar-refractivity contribution is 7.89. The Balaban J connectivity index is 1.33. The Labute approximate surface area is 202 Å². The maximum absolute atomic E-state index is 13.2. The molecule has 10 heteroatoms. The number of thiophene rings is 1. The molecule has 0 spiro atoms. The number of para-hydroxylation sites is 1. The van der Waals surface area contributed by atoms with Gasteiger partial charge in [0.2, 0.25) is 10.0 Å². The number of benzene rings is 2. The van der Waals surface area contributed by atoms with E-state index in [9.17, 15) is 18.0 Å². The number of esters is 1. The molecule has 0 radical (unpaired) electrons. The lowest BCUT2D eigenvalue weighted by molar-refractivity contribution is -0.124.